The molecule has 0 aliphatic rings. The third-order valence-electron chi connectivity index (χ3n) is 2.48. The first-order chi connectivity index (χ1) is 9.88. The SMILES string of the molecule is O=C(Nc1cccc(Cl)c1C(=O)O)c1cc(=O)[nH]c(=O)[nH]1. The number of hydrogen-bond acceptors (Lipinski definition) is 4. The molecule has 0 saturated heterocycles. The lowest BCUT2D eigenvalue weighted by atomic mass is 10.1. The molecule has 4 N–H and O–H groups in total. The highest BCUT2D eigenvalue weighted by molar-refractivity contribution is 6.34. The van der Waals surface area contributed by atoms with Crippen LogP contribution < -0.4 is 16.6 Å². The second-order valence-corrected chi connectivity index (χ2v) is 4.33. The predicted octanol–water partition coefficient (Wildman–Crippen LogP) is 0.667. The number of aromatic amines is 2. The average molecular weight is 310 g/mol. The van der Waals surface area contributed by atoms with Gasteiger partial charge in [-0.05, 0) is 12.1 Å². The second kappa shape index (κ2) is 5.63. The minimum atomic E-state index is -1.32. The lowest BCUT2D eigenvalue weighted by molar-refractivity contribution is 0.0698. The molecule has 1 aromatic heterocycles. The quantitative estimate of drug-likeness (QED) is 0.661. The first kappa shape index (κ1) is 14.5. The molecule has 0 saturated carbocycles. The zero-order valence-corrected chi connectivity index (χ0v) is 11.0. The summed E-state index contributed by atoms with van der Waals surface area (Å²) in [7, 11) is 0. The van der Waals surface area contributed by atoms with Gasteiger partial charge in [0, 0.05) is 6.07 Å². The number of carboxylic acid groups (broad SMARTS) is 1. The number of carbonyl (C=O) groups is 2. The van der Waals surface area contributed by atoms with E-state index in [-0.39, 0.29) is 22.0 Å². The number of H-pyrrole nitrogens is 2. The second-order valence-electron chi connectivity index (χ2n) is 3.92. The molecule has 1 amide bonds. The Morgan fingerprint density at radius 2 is 1.90 bits per heavy atom. The minimum absolute atomic E-state index is 0.0545. The molecule has 0 atom stereocenters. The Morgan fingerprint density at radius 3 is 2.52 bits per heavy atom. The van der Waals surface area contributed by atoms with Gasteiger partial charge >= 0.3 is 11.7 Å². The van der Waals surface area contributed by atoms with Gasteiger partial charge in [-0.15, -0.1) is 0 Å². The highest BCUT2D eigenvalue weighted by Crippen LogP contribution is 2.24. The fourth-order valence-electron chi connectivity index (χ4n) is 1.63. The molecule has 2 aromatic rings. The highest BCUT2D eigenvalue weighted by atomic mass is 35.5. The van der Waals surface area contributed by atoms with Gasteiger partial charge in [0.2, 0.25) is 0 Å². The first-order valence-electron chi connectivity index (χ1n) is 5.55. The molecule has 0 bridgehead atoms. The molecule has 0 aliphatic carbocycles. The Hall–Kier alpha value is -2.87. The van der Waals surface area contributed by atoms with Gasteiger partial charge in [-0.1, -0.05) is 17.7 Å². The van der Waals surface area contributed by atoms with Gasteiger partial charge < -0.3 is 15.4 Å². The van der Waals surface area contributed by atoms with Crippen molar-refractivity contribution in [3.63, 3.8) is 0 Å². The van der Waals surface area contributed by atoms with Crippen molar-refractivity contribution in [2.45, 2.75) is 0 Å². The number of nitrogens with one attached hydrogen (secondary N) is 3. The molecule has 0 aliphatic heterocycles. The van der Waals surface area contributed by atoms with Crippen LogP contribution >= 0.6 is 11.6 Å². The first-order valence-corrected chi connectivity index (χ1v) is 5.93. The molecule has 1 aromatic carbocycles. The summed E-state index contributed by atoms with van der Waals surface area (Å²) in [5.74, 6) is -2.17. The van der Waals surface area contributed by atoms with Crippen molar-refractivity contribution in [3.8, 4) is 0 Å². The van der Waals surface area contributed by atoms with Crippen LogP contribution in [0.4, 0.5) is 5.69 Å². The van der Waals surface area contributed by atoms with E-state index in [1.54, 1.807) is 0 Å². The van der Waals surface area contributed by atoms with E-state index < -0.39 is 23.1 Å². The van der Waals surface area contributed by atoms with E-state index in [0.717, 1.165) is 6.07 Å². The number of amides is 1. The van der Waals surface area contributed by atoms with E-state index in [1.165, 1.54) is 18.2 Å². The number of carboxylic acids is 1. The molecular formula is C12H8ClN3O5. The summed E-state index contributed by atoms with van der Waals surface area (Å²) in [6.07, 6.45) is 0. The van der Waals surface area contributed by atoms with E-state index in [2.05, 4.69) is 10.3 Å². The van der Waals surface area contributed by atoms with Crippen LogP contribution in [0.1, 0.15) is 20.8 Å². The number of benzene rings is 1. The van der Waals surface area contributed by atoms with E-state index in [9.17, 15) is 19.2 Å². The number of halogens is 1. The van der Waals surface area contributed by atoms with Gasteiger partial charge in [-0.25, -0.2) is 9.59 Å². The van der Waals surface area contributed by atoms with Crippen LogP contribution in [-0.2, 0) is 0 Å². The maximum Gasteiger partial charge on any atom is 0.339 e. The van der Waals surface area contributed by atoms with Crippen molar-refractivity contribution in [1.82, 2.24) is 9.97 Å². The van der Waals surface area contributed by atoms with Gasteiger partial charge in [-0.2, -0.15) is 0 Å². The van der Waals surface area contributed by atoms with Crippen LogP contribution in [0.3, 0.4) is 0 Å². The maximum atomic E-state index is 11.9. The lowest BCUT2D eigenvalue weighted by Gasteiger charge is -2.09. The maximum absolute atomic E-state index is 11.9. The van der Waals surface area contributed by atoms with E-state index >= 15 is 0 Å². The Morgan fingerprint density at radius 1 is 1.19 bits per heavy atom. The highest BCUT2D eigenvalue weighted by Gasteiger charge is 2.17. The molecule has 8 nitrogen and oxygen atoms in total. The van der Waals surface area contributed by atoms with Crippen molar-refractivity contribution in [2.24, 2.45) is 0 Å². The molecule has 108 valence electrons. The van der Waals surface area contributed by atoms with Gasteiger partial charge in [0.25, 0.3) is 11.5 Å². The van der Waals surface area contributed by atoms with Crippen LogP contribution in [-0.4, -0.2) is 27.0 Å². The van der Waals surface area contributed by atoms with Crippen molar-refractivity contribution in [2.75, 3.05) is 5.32 Å². The molecule has 0 fully saturated rings. The fourth-order valence-corrected chi connectivity index (χ4v) is 1.88. The molecule has 9 heteroatoms. The van der Waals surface area contributed by atoms with Gasteiger partial charge in [0.05, 0.1) is 10.7 Å². The predicted molar refractivity (Wildman–Crippen MR) is 74.0 cm³/mol. The standard InChI is InChI=1S/C12H8ClN3O5/c13-5-2-1-3-6(9(5)11(19)20)14-10(18)7-4-8(17)16-12(21)15-7/h1-4H,(H,14,18)(H,19,20)(H2,15,16,17,21). The number of anilines is 1. The zero-order chi connectivity index (χ0) is 15.6. The van der Waals surface area contributed by atoms with Crippen molar-refractivity contribution >= 4 is 29.2 Å². The third kappa shape index (κ3) is 3.18. The van der Waals surface area contributed by atoms with Crippen LogP contribution in [0, 0.1) is 0 Å². The minimum Gasteiger partial charge on any atom is -0.478 e. The number of rotatable bonds is 3. The zero-order valence-electron chi connectivity index (χ0n) is 10.3. The Labute approximate surface area is 121 Å². The number of hydrogen-bond donors (Lipinski definition) is 4. The molecule has 0 unspecified atom stereocenters. The Balaban J connectivity index is 2.41. The monoisotopic (exact) mass is 309 g/mol. The molecule has 1 heterocycles. The summed E-state index contributed by atoms with van der Waals surface area (Å²) in [6, 6.07) is 5.01. The van der Waals surface area contributed by atoms with E-state index in [1.807, 2.05) is 4.98 Å². The summed E-state index contributed by atoms with van der Waals surface area (Å²) in [5.41, 5.74) is -2.26. The van der Waals surface area contributed by atoms with Crippen molar-refractivity contribution in [3.05, 3.63) is 61.4 Å². The molecule has 21 heavy (non-hydrogen) atoms. The van der Waals surface area contributed by atoms with Crippen LogP contribution in [0.25, 0.3) is 0 Å². The normalized spacial score (nSPS) is 10.1. The van der Waals surface area contributed by atoms with Crippen molar-refractivity contribution in [1.29, 1.82) is 0 Å². The number of aromatic nitrogens is 2. The van der Waals surface area contributed by atoms with E-state index in [4.69, 9.17) is 16.7 Å². The summed E-state index contributed by atoms with van der Waals surface area (Å²) in [6.45, 7) is 0. The number of aromatic carboxylic acids is 1. The topological polar surface area (TPSA) is 132 Å². The van der Waals surface area contributed by atoms with Crippen LogP contribution in [0.5, 0.6) is 0 Å². The molecule has 0 spiro atoms. The fraction of sp³-hybridized carbons (Fsp3) is 0. The largest absolute Gasteiger partial charge is 0.478 e. The van der Waals surface area contributed by atoms with Crippen LogP contribution in [0.15, 0.2) is 33.9 Å². The summed E-state index contributed by atoms with van der Waals surface area (Å²) in [4.78, 5) is 49.3. The number of carbonyl (C=O) groups excluding carboxylic acids is 1. The summed E-state index contributed by atoms with van der Waals surface area (Å²) >= 11 is 5.76. The lowest BCUT2D eigenvalue weighted by Crippen LogP contribution is -2.27. The summed E-state index contributed by atoms with van der Waals surface area (Å²) in [5, 5.41) is 11.3. The molecule has 0 radical (unpaired) electrons. The van der Waals surface area contributed by atoms with Crippen LogP contribution in [0.2, 0.25) is 5.02 Å². The van der Waals surface area contributed by atoms with Crippen molar-refractivity contribution < 1.29 is 14.7 Å². The Bertz CT molecular complexity index is 811. The van der Waals surface area contributed by atoms with Gasteiger partial charge in [-0.3, -0.25) is 14.6 Å². The average Bonchev–Trinajstić information content (AvgIpc) is 2.37. The molecule has 2 rings (SSSR count). The van der Waals surface area contributed by atoms with E-state index in [0.29, 0.717) is 0 Å². The smallest absolute Gasteiger partial charge is 0.339 e. The molecular weight excluding hydrogens is 302 g/mol. The third-order valence-corrected chi connectivity index (χ3v) is 2.80. The van der Waals surface area contributed by atoms with Gasteiger partial charge in [0.15, 0.2) is 0 Å². The van der Waals surface area contributed by atoms with Gasteiger partial charge in [0.1, 0.15) is 11.3 Å². The summed E-state index contributed by atoms with van der Waals surface area (Å²) < 4.78 is 0. The Kier molecular flexibility index (Phi) is 3.90.